The molecule has 0 spiro atoms. The minimum atomic E-state index is -8.34. The number of halogens is 13. The molecular weight excluding hydrogens is 584 g/mol. The molecule has 6 nitrogen and oxygen atoms in total. The van der Waals surface area contributed by atoms with Crippen LogP contribution in [0, 0.1) is 0 Å². The summed E-state index contributed by atoms with van der Waals surface area (Å²) in [5, 5.41) is -7.50. The Morgan fingerprint density at radius 3 is 1.49 bits per heavy atom. The van der Waals surface area contributed by atoms with Gasteiger partial charge in [-0.15, -0.1) is 0 Å². The molecule has 1 aromatic carbocycles. The van der Waals surface area contributed by atoms with Gasteiger partial charge < -0.3 is 4.55 Å². The van der Waals surface area contributed by atoms with Crippen molar-refractivity contribution in [3.63, 3.8) is 0 Å². The summed E-state index contributed by atoms with van der Waals surface area (Å²) in [4.78, 5) is -1.34. The van der Waals surface area contributed by atoms with Crippen molar-refractivity contribution in [2.24, 2.45) is 0 Å². The summed E-state index contributed by atoms with van der Waals surface area (Å²) < 4.78 is 226. The van der Waals surface area contributed by atoms with E-state index in [0.29, 0.717) is 16.9 Å². The first-order valence-electron chi connectivity index (χ1n) is 7.69. The molecule has 0 atom stereocenters. The summed E-state index contributed by atoms with van der Waals surface area (Å²) >= 11 is 0. The maximum absolute atomic E-state index is 13.8. The van der Waals surface area contributed by atoms with Gasteiger partial charge >= 0.3 is 64.7 Å². The Bertz CT molecular complexity index is 1140. The van der Waals surface area contributed by atoms with Gasteiger partial charge in [-0.25, -0.2) is 21.6 Å². The maximum atomic E-state index is 13.8. The standard InChI is InChI=1S/C13H8F13NO5S2.Na/c14-8(15,10(18,19)12(22,23)24)9(16,17)11(20,21)13(25,26)34(31,32)27-5-6-3-1-2-4-7(6)33(28,29)30;/h1-4,27H,5H2,(H,28,29,30);/q;+1/p-1. The number of rotatable bonds is 9. The Balaban J connectivity index is 0.0000116. The van der Waals surface area contributed by atoms with Crippen molar-refractivity contribution < 1.29 is 108 Å². The zero-order chi connectivity index (χ0) is 27.4. The van der Waals surface area contributed by atoms with Gasteiger partial charge in [0.15, 0.2) is 0 Å². The van der Waals surface area contributed by atoms with E-state index in [4.69, 9.17) is 0 Å². The van der Waals surface area contributed by atoms with Crippen LogP contribution in [0.1, 0.15) is 5.56 Å². The quantitative estimate of drug-likeness (QED) is 0.259. The molecule has 0 fully saturated rings. The summed E-state index contributed by atoms with van der Waals surface area (Å²) in [6, 6.07) is 2.64. The third kappa shape index (κ3) is 5.54. The van der Waals surface area contributed by atoms with E-state index in [9.17, 15) is 78.5 Å². The first kappa shape index (κ1) is 34.1. The second-order valence-electron chi connectivity index (χ2n) is 6.20. The van der Waals surface area contributed by atoms with Crippen molar-refractivity contribution in [2.45, 2.75) is 46.6 Å². The Labute approximate surface area is 208 Å². The molecule has 35 heavy (non-hydrogen) atoms. The summed E-state index contributed by atoms with van der Waals surface area (Å²) in [6.07, 6.45) is -7.67. The molecule has 1 N–H and O–H groups in total. The third-order valence-electron chi connectivity index (χ3n) is 3.94. The second kappa shape index (κ2) is 9.78. The van der Waals surface area contributed by atoms with Crippen molar-refractivity contribution in [2.75, 3.05) is 0 Å². The van der Waals surface area contributed by atoms with Crippen LogP contribution in [0.2, 0.25) is 0 Å². The van der Waals surface area contributed by atoms with Crippen LogP contribution in [0.25, 0.3) is 0 Å². The molecule has 0 unspecified atom stereocenters. The third-order valence-corrected chi connectivity index (χ3v) is 6.33. The zero-order valence-electron chi connectivity index (χ0n) is 16.3. The Morgan fingerprint density at radius 1 is 0.686 bits per heavy atom. The van der Waals surface area contributed by atoms with Crippen LogP contribution in [0.4, 0.5) is 57.1 Å². The summed E-state index contributed by atoms with van der Waals surface area (Å²) in [7, 11) is -12.8. The van der Waals surface area contributed by atoms with Crippen molar-refractivity contribution in [3.8, 4) is 0 Å². The average molecular weight is 591 g/mol. The van der Waals surface area contributed by atoms with Crippen LogP contribution in [-0.4, -0.2) is 56.5 Å². The number of hydrogen-bond donors (Lipinski definition) is 1. The Morgan fingerprint density at radius 2 is 1.09 bits per heavy atom. The number of alkyl halides is 13. The molecular formula is C13H7F13NNaO5S2. The Hall–Kier alpha value is -0.870. The predicted octanol–water partition coefficient (Wildman–Crippen LogP) is 0.710. The molecule has 0 radical (unpaired) electrons. The minimum Gasteiger partial charge on any atom is -0.744 e. The first-order valence-corrected chi connectivity index (χ1v) is 10.6. The molecule has 0 saturated carbocycles. The van der Waals surface area contributed by atoms with Crippen molar-refractivity contribution in [1.29, 1.82) is 0 Å². The van der Waals surface area contributed by atoms with Crippen molar-refractivity contribution >= 4 is 20.1 Å². The molecule has 0 heterocycles. The molecule has 0 aliphatic carbocycles. The van der Waals surface area contributed by atoms with E-state index < -0.39 is 72.3 Å². The second-order valence-corrected chi connectivity index (χ2v) is 9.35. The summed E-state index contributed by atoms with van der Waals surface area (Å²) in [5.74, 6) is -32.8. The molecule has 0 amide bonds. The SMILES string of the molecule is O=S(=O)([O-])c1ccccc1CNS(=O)(=O)C(F)(F)C(F)(F)C(F)(F)C(F)(F)C(F)(F)C(F)(F)F.[Na+]. The number of hydrogen-bond acceptors (Lipinski definition) is 5. The minimum absolute atomic E-state index is 0. The van der Waals surface area contributed by atoms with Gasteiger partial charge in [-0.05, 0) is 11.6 Å². The van der Waals surface area contributed by atoms with E-state index in [2.05, 4.69) is 0 Å². The molecule has 0 saturated heterocycles. The number of nitrogens with one attached hydrogen (secondary N) is 1. The van der Waals surface area contributed by atoms with E-state index in [-0.39, 0.29) is 29.6 Å². The fourth-order valence-corrected chi connectivity index (χ4v) is 3.78. The van der Waals surface area contributed by atoms with E-state index in [1.165, 1.54) is 0 Å². The van der Waals surface area contributed by atoms with Crippen LogP contribution >= 0.6 is 0 Å². The molecule has 1 rings (SSSR count). The number of benzene rings is 1. The molecule has 0 aliphatic heterocycles. The largest absolute Gasteiger partial charge is 1.00 e. The fraction of sp³-hybridized carbons (Fsp3) is 0.538. The van der Waals surface area contributed by atoms with E-state index >= 15 is 0 Å². The van der Waals surface area contributed by atoms with E-state index in [0.717, 1.165) is 12.1 Å². The van der Waals surface area contributed by atoms with Crippen LogP contribution in [0.15, 0.2) is 29.2 Å². The molecule has 0 aromatic heterocycles. The van der Waals surface area contributed by atoms with Gasteiger partial charge in [0.25, 0.3) is 10.0 Å². The first-order chi connectivity index (χ1) is 14.7. The topological polar surface area (TPSA) is 103 Å². The van der Waals surface area contributed by atoms with Gasteiger partial charge in [0.05, 0.1) is 4.90 Å². The molecule has 0 aliphatic rings. The van der Waals surface area contributed by atoms with Gasteiger partial charge in [0.2, 0.25) is 0 Å². The molecule has 1 aromatic rings. The molecule has 22 heteroatoms. The van der Waals surface area contributed by atoms with Gasteiger partial charge in [-0.3, -0.25) is 0 Å². The van der Waals surface area contributed by atoms with E-state index in [1.54, 1.807) is 0 Å². The Kier molecular flexibility index (Phi) is 9.54. The molecule has 198 valence electrons. The van der Waals surface area contributed by atoms with Gasteiger partial charge in [0, 0.05) is 6.54 Å². The number of sulfonamides is 1. The van der Waals surface area contributed by atoms with Gasteiger partial charge in [0.1, 0.15) is 10.1 Å². The predicted molar refractivity (Wildman–Crippen MR) is 81.0 cm³/mol. The monoisotopic (exact) mass is 591 g/mol. The van der Waals surface area contributed by atoms with Crippen LogP contribution in [0.3, 0.4) is 0 Å². The zero-order valence-corrected chi connectivity index (χ0v) is 19.9. The average Bonchev–Trinajstić information content (AvgIpc) is 2.64. The smallest absolute Gasteiger partial charge is 0.744 e. The van der Waals surface area contributed by atoms with Crippen LogP contribution < -0.4 is 34.3 Å². The maximum Gasteiger partial charge on any atom is 1.00 e. The fourth-order valence-electron chi connectivity index (χ4n) is 2.08. The van der Waals surface area contributed by atoms with Gasteiger partial charge in [-0.2, -0.15) is 57.1 Å². The summed E-state index contributed by atoms with van der Waals surface area (Å²) in [5.41, 5.74) is -1.05. The summed E-state index contributed by atoms with van der Waals surface area (Å²) in [6.45, 7) is -1.85. The van der Waals surface area contributed by atoms with E-state index in [1.807, 2.05) is 0 Å². The van der Waals surface area contributed by atoms with Crippen molar-refractivity contribution in [1.82, 2.24) is 4.72 Å². The molecule has 0 bridgehead atoms. The van der Waals surface area contributed by atoms with Gasteiger partial charge in [-0.1, -0.05) is 18.2 Å². The van der Waals surface area contributed by atoms with Crippen LogP contribution in [-0.2, 0) is 26.7 Å². The van der Waals surface area contributed by atoms with Crippen LogP contribution in [0.5, 0.6) is 0 Å². The van der Waals surface area contributed by atoms with Crippen molar-refractivity contribution in [3.05, 3.63) is 29.8 Å². The normalized spacial score (nSPS) is 15.0.